The van der Waals surface area contributed by atoms with Crippen LogP contribution in [0, 0.1) is 5.92 Å². The summed E-state index contributed by atoms with van der Waals surface area (Å²) in [4.78, 5) is 4.64. The number of aryl methyl sites for hydroxylation is 2. The lowest BCUT2D eigenvalue weighted by atomic mass is 9.89. The van der Waals surface area contributed by atoms with E-state index < -0.39 is 0 Å². The molecule has 0 bridgehead atoms. The molecule has 21 heavy (non-hydrogen) atoms. The van der Waals surface area contributed by atoms with Gasteiger partial charge in [0.15, 0.2) is 5.84 Å². The quantitative estimate of drug-likeness (QED) is 0.388. The van der Waals surface area contributed by atoms with E-state index in [2.05, 4.69) is 17.1 Å². The lowest BCUT2D eigenvalue weighted by molar-refractivity contribution is 0.129. The molecule has 0 saturated heterocycles. The van der Waals surface area contributed by atoms with Crippen LogP contribution in [0.2, 0.25) is 0 Å². The fourth-order valence-corrected chi connectivity index (χ4v) is 3.29. The van der Waals surface area contributed by atoms with Crippen molar-refractivity contribution in [1.29, 1.82) is 0 Å². The van der Waals surface area contributed by atoms with Gasteiger partial charge in [0.05, 0.1) is 5.56 Å². The van der Waals surface area contributed by atoms with Crippen molar-refractivity contribution in [3.8, 4) is 5.88 Å². The van der Waals surface area contributed by atoms with E-state index in [4.69, 9.17) is 15.7 Å². The summed E-state index contributed by atoms with van der Waals surface area (Å²) < 4.78 is 6.10. The second-order valence-corrected chi connectivity index (χ2v) is 6.29. The third-order valence-corrected chi connectivity index (χ3v) is 4.64. The Kier molecular flexibility index (Phi) is 3.99. The number of fused-ring (bicyclic) bond motifs is 1. The van der Waals surface area contributed by atoms with Crippen LogP contribution in [0.4, 0.5) is 0 Å². The largest absolute Gasteiger partial charge is 0.474 e. The first-order valence-electron chi connectivity index (χ1n) is 7.84. The first-order chi connectivity index (χ1) is 10.2. The molecule has 0 amide bonds. The minimum atomic E-state index is 0.0800. The van der Waals surface area contributed by atoms with Crippen molar-refractivity contribution in [1.82, 2.24) is 4.98 Å². The molecule has 1 aromatic heterocycles. The van der Waals surface area contributed by atoms with Gasteiger partial charge in [-0.15, -0.1) is 0 Å². The van der Waals surface area contributed by atoms with Gasteiger partial charge >= 0.3 is 0 Å². The molecule has 5 nitrogen and oxygen atoms in total. The molecule has 114 valence electrons. The van der Waals surface area contributed by atoms with Gasteiger partial charge in [-0.3, -0.25) is 0 Å². The van der Waals surface area contributed by atoms with Crippen molar-refractivity contribution in [3.63, 3.8) is 0 Å². The van der Waals surface area contributed by atoms with Gasteiger partial charge in [0.25, 0.3) is 0 Å². The molecular weight excluding hydrogens is 266 g/mol. The van der Waals surface area contributed by atoms with Crippen LogP contribution < -0.4 is 10.5 Å². The van der Waals surface area contributed by atoms with Crippen molar-refractivity contribution in [2.24, 2.45) is 16.8 Å². The number of aromatic nitrogens is 1. The molecule has 1 aromatic rings. The minimum absolute atomic E-state index is 0.0800. The van der Waals surface area contributed by atoms with Crippen molar-refractivity contribution in [2.75, 3.05) is 0 Å². The van der Waals surface area contributed by atoms with Gasteiger partial charge in [-0.05, 0) is 62.5 Å². The zero-order valence-electron chi connectivity index (χ0n) is 12.5. The van der Waals surface area contributed by atoms with Gasteiger partial charge in [0.1, 0.15) is 6.10 Å². The van der Waals surface area contributed by atoms with E-state index in [9.17, 15) is 0 Å². The fourth-order valence-electron chi connectivity index (χ4n) is 3.29. The summed E-state index contributed by atoms with van der Waals surface area (Å²) in [6.45, 7) is 2.28. The highest BCUT2D eigenvalue weighted by Gasteiger charge is 2.24. The summed E-state index contributed by atoms with van der Waals surface area (Å²) in [6, 6.07) is 1.98. The Morgan fingerprint density at radius 1 is 1.33 bits per heavy atom. The summed E-state index contributed by atoms with van der Waals surface area (Å²) >= 11 is 0. The summed E-state index contributed by atoms with van der Waals surface area (Å²) in [5.74, 6) is 1.39. The summed E-state index contributed by atoms with van der Waals surface area (Å²) in [5.41, 5.74) is 8.71. The molecule has 0 atom stereocenters. The van der Waals surface area contributed by atoms with Gasteiger partial charge in [-0.25, -0.2) is 4.98 Å². The molecule has 1 saturated carbocycles. The zero-order chi connectivity index (χ0) is 14.8. The van der Waals surface area contributed by atoms with Crippen molar-refractivity contribution in [2.45, 2.75) is 58.0 Å². The first-order valence-corrected chi connectivity index (χ1v) is 7.84. The van der Waals surface area contributed by atoms with Gasteiger partial charge in [-0.2, -0.15) is 0 Å². The normalized spacial score (nSPS) is 25.7. The average Bonchev–Trinajstić information content (AvgIpc) is 2.95. The Morgan fingerprint density at radius 2 is 2.10 bits per heavy atom. The molecule has 1 fully saturated rings. The predicted octanol–water partition coefficient (Wildman–Crippen LogP) is 2.62. The van der Waals surface area contributed by atoms with Crippen LogP contribution in [-0.4, -0.2) is 22.1 Å². The van der Waals surface area contributed by atoms with Crippen LogP contribution in [0.3, 0.4) is 0 Å². The highest BCUT2D eigenvalue weighted by Crippen LogP contribution is 2.31. The highest BCUT2D eigenvalue weighted by atomic mass is 16.5. The number of rotatable bonds is 3. The van der Waals surface area contributed by atoms with E-state index in [-0.39, 0.29) is 11.9 Å². The second kappa shape index (κ2) is 5.92. The molecule has 0 unspecified atom stereocenters. The van der Waals surface area contributed by atoms with E-state index in [1.165, 1.54) is 18.4 Å². The Labute approximate surface area is 125 Å². The number of oxime groups is 1. The summed E-state index contributed by atoms with van der Waals surface area (Å²) in [5, 5.41) is 12.1. The molecule has 0 aromatic carbocycles. The Bertz CT molecular complexity index is 549. The fraction of sp³-hybridized carbons (Fsp3) is 0.625. The number of hydrogen-bond donors (Lipinski definition) is 2. The summed E-state index contributed by atoms with van der Waals surface area (Å²) in [7, 11) is 0. The maximum atomic E-state index is 8.98. The monoisotopic (exact) mass is 289 g/mol. The van der Waals surface area contributed by atoms with E-state index >= 15 is 0 Å². The maximum absolute atomic E-state index is 8.98. The van der Waals surface area contributed by atoms with E-state index in [0.717, 1.165) is 43.7 Å². The standard InChI is InChI=1S/C16H23N3O2/c1-10-5-7-12(8-6-10)21-16-13(15(17)19-20)9-11-3-2-4-14(11)18-16/h9-10,12,20H,2-8H2,1H3,(H2,17,19). The molecule has 2 aliphatic rings. The summed E-state index contributed by atoms with van der Waals surface area (Å²) in [6.07, 6.45) is 7.79. The third-order valence-electron chi connectivity index (χ3n) is 4.64. The van der Waals surface area contributed by atoms with Crippen LogP contribution in [0.1, 0.15) is 55.8 Å². The number of nitrogens with zero attached hydrogens (tertiary/aromatic N) is 2. The van der Waals surface area contributed by atoms with Gasteiger partial charge in [0.2, 0.25) is 5.88 Å². The Hall–Kier alpha value is -1.78. The molecule has 0 aliphatic heterocycles. The van der Waals surface area contributed by atoms with Crippen molar-refractivity contribution in [3.05, 3.63) is 22.9 Å². The predicted molar refractivity (Wildman–Crippen MR) is 80.8 cm³/mol. The van der Waals surface area contributed by atoms with Crippen LogP contribution in [-0.2, 0) is 12.8 Å². The molecule has 5 heteroatoms. The lowest BCUT2D eigenvalue weighted by Crippen LogP contribution is -2.25. The molecule has 2 aliphatic carbocycles. The van der Waals surface area contributed by atoms with E-state index in [1.54, 1.807) is 0 Å². The number of nitrogens with two attached hydrogens (primary N) is 1. The zero-order valence-corrected chi connectivity index (χ0v) is 12.5. The number of pyridine rings is 1. The number of ether oxygens (including phenoxy) is 1. The maximum Gasteiger partial charge on any atom is 0.225 e. The van der Waals surface area contributed by atoms with Gasteiger partial charge in [-0.1, -0.05) is 12.1 Å². The van der Waals surface area contributed by atoms with Crippen molar-refractivity contribution >= 4 is 5.84 Å². The molecular formula is C16H23N3O2. The topological polar surface area (TPSA) is 80.7 Å². The molecule has 0 radical (unpaired) electrons. The molecule has 0 spiro atoms. The minimum Gasteiger partial charge on any atom is -0.474 e. The van der Waals surface area contributed by atoms with Crippen LogP contribution in [0.25, 0.3) is 0 Å². The van der Waals surface area contributed by atoms with Gasteiger partial charge < -0.3 is 15.7 Å². The smallest absolute Gasteiger partial charge is 0.225 e. The molecule has 3 rings (SSSR count). The molecule has 1 heterocycles. The van der Waals surface area contributed by atoms with E-state index in [1.807, 2.05) is 6.07 Å². The van der Waals surface area contributed by atoms with E-state index in [0.29, 0.717) is 11.4 Å². The van der Waals surface area contributed by atoms with Crippen LogP contribution >= 0.6 is 0 Å². The number of amidine groups is 1. The average molecular weight is 289 g/mol. The lowest BCUT2D eigenvalue weighted by Gasteiger charge is -2.27. The Morgan fingerprint density at radius 3 is 2.81 bits per heavy atom. The Balaban J connectivity index is 1.86. The molecule has 3 N–H and O–H groups in total. The van der Waals surface area contributed by atoms with Gasteiger partial charge in [0, 0.05) is 5.69 Å². The SMILES string of the molecule is CC1CCC(Oc2nc3c(cc2C(N)=NO)CCC3)CC1. The van der Waals surface area contributed by atoms with Crippen LogP contribution in [0.15, 0.2) is 11.2 Å². The van der Waals surface area contributed by atoms with Crippen molar-refractivity contribution < 1.29 is 9.94 Å². The van der Waals surface area contributed by atoms with Crippen LogP contribution in [0.5, 0.6) is 5.88 Å². The number of hydrogen-bond acceptors (Lipinski definition) is 4. The third kappa shape index (κ3) is 2.96. The highest BCUT2D eigenvalue weighted by molar-refractivity contribution is 5.99. The second-order valence-electron chi connectivity index (χ2n) is 6.29. The first kappa shape index (κ1) is 14.2.